The fraction of sp³-hybridized carbons (Fsp3) is 0.423. The Morgan fingerprint density at radius 3 is 2.81 bits per heavy atom. The average molecular weight is 504 g/mol. The fourth-order valence-corrected chi connectivity index (χ4v) is 6.02. The maximum Gasteiger partial charge on any atom is 0.416 e. The summed E-state index contributed by atoms with van der Waals surface area (Å²) < 4.78 is 11.2. The molecule has 2 fully saturated rings. The first-order valence-electron chi connectivity index (χ1n) is 12.3. The van der Waals surface area contributed by atoms with Crippen molar-refractivity contribution in [2.45, 2.75) is 55.7 Å². The fourth-order valence-electron chi connectivity index (χ4n) is 6.02. The van der Waals surface area contributed by atoms with Gasteiger partial charge >= 0.3 is 12.1 Å². The zero-order valence-electron chi connectivity index (χ0n) is 19.9. The Balaban J connectivity index is 1.12. The van der Waals surface area contributed by atoms with Crippen molar-refractivity contribution in [3.05, 3.63) is 47.0 Å². The smallest absolute Gasteiger partial charge is 0.416 e. The minimum Gasteiger partial charge on any atom is -0.481 e. The molecule has 2 aromatic rings. The molecule has 1 saturated carbocycles. The van der Waals surface area contributed by atoms with Crippen molar-refractivity contribution in [2.24, 2.45) is 0 Å². The predicted octanol–water partition coefficient (Wildman–Crippen LogP) is 2.30. The van der Waals surface area contributed by atoms with E-state index in [-0.39, 0.29) is 30.4 Å². The molecule has 2 aliphatic carbocycles. The summed E-state index contributed by atoms with van der Waals surface area (Å²) in [4.78, 5) is 42.4. The van der Waals surface area contributed by atoms with E-state index in [2.05, 4.69) is 21.7 Å². The number of anilines is 2. The van der Waals surface area contributed by atoms with Crippen LogP contribution >= 0.6 is 0 Å². The Labute approximate surface area is 212 Å². The quantitative estimate of drug-likeness (QED) is 0.570. The number of benzene rings is 1. The first kappa shape index (κ1) is 23.2. The lowest BCUT2D eigenvalue weighted by Crippen LogP contribution is -2.48. The molecule has 37 heavy (non-hydrogen) atoms. The number of aromatic nitrogens is 1. The summed E-state index contributed by atoms with van der Waals surface area (Å²) in [5.74, 6) is -0.805. The summed E-state index contributed by atoms with van der Waals surface area (Å²) in [6.45, 7) is 0.273. The van der Waals surface area contributed by atoms with Gasteiger partial charge in [-0.15, -0.1) is 0 Å². The van der Waals surface area contributed by atoms with Gasteiger partial charge in [0.15, 0.2) is 18.2 Å². The van der Waals surface area contributed by atoms with E-state index in [1.54, 1.807) is 30.3 Å². The second-order valence-electron chi connectivity index (χ2n) is 10.0. The molecule has 2 aliphatic heterocycles. The number of aliphatic carboxylic acids is 1. The highest BCUT2D eigenvalue weighted by Crippen LogP contribution is 2.41. The van der Waals surface area contributed by atoms with Gasteiger partial charge in [-0.2, -0.15) is 5.26 Å². The molecule has 3 N–H and O–H groups in total. The summed E-state index contributed by atoms with van der Waals surface area (Å²) in [6.07, 6.45) is 2.69. The Bertz CT molecular complexity index is 1350. The summed E-state index contributed by atoms with van der Waals surface area (Å²) in [5, 5.41) is 25.6. The molecule has 1 spiro atoms. The molecule has 1 aromatic heterocycles. The summed E-state index contributed by atoms with van der Waals surface area (Å²) in [6, 6.07) is 10.5. The van der Waals surface area contributed by atoms with Crippen LogP contribution in [0.3, 0.4) is 0 Å². The van der Waals surface area contributed by atoms with Crippen LogP contribution in [-0.4, -0.2) is 58.9 Å². The van der Waals surface area contributed by atoms with Crippen molar-refractivity contribution >= 4 is 29.6 Å². The van der Waals surface area contributed by atoms with E-state index in [0.29, 0.717) is 61.3 Å². The van der Waals surface area contributed by atoms with Crippen LogP contribution in [0.5, 0.6) is 5.75 Å². The van der Waals surface area contributed by atoms with Crippen molar-refractivity contribution < 1.29 is 29.0 Å². The van der Waals surface area contributed by atoms with Gasteiger partial charge in [0, 0.05) is 12.1 Å². The molecule has 11 heteroatoms. The monoisotopic (exact) mass is 503 g/mol. The van der Waals surface area contributed by atoms with E-state index in [4.69, 9.17) is 9.47 Å². The predicted molar refractivity (Wildman–Crippen MR) is 129 cm³/mol. The minimum atomic E-state index is -0.905. The molecular weight excluding hydrogens is 478 g/mol. The third kappa shape index (κ3) is 4.03. The summed E-state index contributed by atoms with van der Waals surface area (Å²) >= 11 is 0. The third-order valence-corrected chi connectivity index (χ3v) is 7.81. The number of carbonyl (C=O) groups excluding carboxylic acids is 2. The number of ether oxygens (including phenoxy) is 2. The highest BCUT2D eigenvalue weighted by molar-refractivity contribution is 5.95. The first-order valence-corrected chi connectivity index (χ1v) is 12.3. The van der Waals surface area contributed by atoms with Gasteiger partial charge in [-0.25, -0.2) is 9.78 Å². The molecule has 0 radical (unpaired) electrons. The zero-order chi connectivity index (χ0) is 25.7. The van der Waals surface area contributed by atoms with Crippen LogP contribution in [-0.2, 0) is 20.7 Å². The molecule has 1 aromatic carbocycles. The number of nitriles is 1. The number of hydrogen-bond donors (Lipinski definition) is 3. The van der Waals surface area contributed by atoms with Crippen molar-refractivity contribution in [1.82, 2.24) is 10.3 Å². The van der Waals surface area contributed by atoms with Gasteiger partial charge in [0.2, 0.25) is 0 Å². The van der Waals surface area contributed by atoms with E-state index in [1.807, 2.05) is 0 Å². The molecule has 190 valence electrons. The Kier molecular flexibility index (Phi) is 5.49. The van der Waals surface area contributed by atoms with Gasteiger partial charge in [-0.1, -0.05) is 12.1 Å². The number of carbonyl (C=O) groups is 3. The van der Waals surface area contributed by atoms with Crippen molar-refractivity contribution in [2.75, 3.05) is 23.4 Å². The standard InChI is InChI=1S/C26H25N5O6/c27-11-14-2-1-3-16-17(14)10-18(22(16)24(33)34)28-15-6-8-26(9-7-15)13-31(25(35)37-26)20-5-4-19-23(29-20)30-21(32)12-36-19/h1-5,15,18,22,28H,6-10,12-13H2,(H,33,34)(H,29,30,32). The highest BCUT2D eigenvalue weighted by atomic mass is 16.6. The molecule has 4 aliphatic rings. The second kappa shape index (κ2) is 8.74. The van der Waals surface area contributed by atoms with Crippen molar-refractivity contribution in [3.63, 3.8) is 0 Å². The van der Waals surface area contributed by atoms with Crippen LogP contribution in [0.4, 0.5) is 16.4 Å². The number of hydrogen-bond acceptors (Lipinski definition) is 8. The normalized spacial score (nSPS) is 28.1. The highest BCUT2D eigenvalue weighted by Gasteiger charge is 2.49. The maximum atomic E-state index is 12.8. The number of carboxylic acid groups (broad SMARTS) is 1. The van der Waals surface area contributed by atoms with E-state index in [0.717, 1.165) is 5.56 Å². The number of pyridine rings is 1. The number of nitrogens with one attached hydrogen (secondary N) is 2. The number of rotatable bonds is 4. The van der Waals surface area contributed by atoms with Gasteiger partial charge in [-0.3, -0.25) is 14.5 Å². The van der Waals surface area contributed by atoms with Gasteiger partial charge < -0.3 is 25.2 Å². The van der Waals surface area contributed by atoms with Gasteiger partial charge in [0.1, 0.15) is 11.4 Å². The summed E-state index contributed by atoms with van der Waals surface area (Å²) in [7, 11) is 0. The molecule has 1 saturated heterocycles. The van der Waals surface area contributed by atoms with Gasteiger partial charge in [0.05, 0.1) is 24.1 Å². The Morgan fingerprint density at radius 1 is 1.24 bits per heavy atom. The molecule has 6 rings (SSSR count). The number of nitrogens with zero attached hydrogens (tertiary/aromatic N) is 3. The lowest BCUT2D eigenvalue weighted by atomic mass is 9.81. The lowest BCUT2D eigenvalue weighted by molar-refractivity contribution is -0.139. The van der Waals surface area contributed by atoms with Gasteiger partial charge in [-0.05, 0) is 61.4 Å². The summed E-state index contributed by atoms with van der Waals surface area (Å²) in [5.41, 5.74) is 1.39. The minimum absolute atomic E-state index is 0.0688. The topological polar surface area (TPSA) is 154 Å². The third-order valence-electron chi connectivity index (χ3n) is 7.81. The molecule has 3 heterocycles. The Hall–Kier alpha value is -4.17. The van der Waals surface area contributed by atoms with Crippen molar-refractivity contribution in [1.29, 1.82) is 5.26 Å². The van der Waals surface area contributed by atoms with E-state index < -0.39 is 23.6 Å². The van der Waals surface area contributed by atoms with Crippen LogP contribution in [0.2, 0.25) is 0 Å². The van der Waals surface area contributed by atoms with Crippen LogP contribution in [0.15, 0.2) is 30.3 Å². The van der Waals surface area contributed by atoms with E-state index >= 15 is 0 Å². The van der Waals surface area contributed by atoms with Crippen molar-refractivity contribution in [3.8, 4) is 11.8 Å². The average Bonchev–Trinajstić information content (AvgIpc) is 3.42. The molecule has 2 amide bonds. The molecule has 11 nitrogen and oxygen atoms in total. The van der Waals surface area contributed by atoms with Crippen LogP contribution in [0, 0.1) is 11.3 Å². The molecule has 0 bridgehead atoms. The second-order valence-corrected chi connectivity index (χ2v) is 10.0. The molecule has 2 atom stereocenters. The lowest BCUT2D eigenvalue weighted by Gasteiger charge is -2.37. The zero-order valence-corrected chi connectivity index (χ0v) is 19.9. The van der Waals surface area contributed by atoms with E-state index in [9.17, 15) is 24.8 Å². The molecule has 2 unspecified atom stereocenters. The maximum absolute atomic E-state index is 12.8. The van der Waals surface area contributed by atoms with Crippen LogP contribution < -0.4 is 20.3 Å². The number of amides is 2. The largest absolute Gasteiger partial charge is 0.481 e. The first-order chi connectivity index (χ1) is 17.9. The number of carboxylic acids is 1. The number of fused-ring (bicyclic) bond motifs is 2. The van der Waals surface area contributed by atoms with Crippen LogP contribution in [0.25, 0.3) is 0 Å². The SMILES string of the molecule is N#Cc1cccc2c1CC(NC1CCC3(CC1)CN(c1ccc4c(n1)NC(=O)CO4)C(=O)O3)C2C(=O)O. The van der Waals surface area contributed by atoms with E-state index in [1.165, 1.54) is 4.90 Å². The van der Waals surface area contributed by atoms with Crippen LogP contribution in [0.1, 0.15) is 48.3 Å². The Morgan fingerprint density at radius 2 is 2.05 bits per heavy atom. The molecular formula is C26H25N5O6. The van der Waals surface area contributed by atoms with Gasteiger partial charge in [0.25, 0.3) is 5.91 Å².